The van der Waals surface area contributed by atoms with Crippen LogP contribution in [0.15, 0.2) is 34.1 Å². The van der Waals surface area contributed by atoms with E-state index in [9.17, 15) is 22.8 Å². The second kappa shape index (κ2) is 5.80. The van der Waals surface area contributed by atoms with Gasteiger partial charge in [0.05, 0.1) is 12.1 Å². The zero-order valence-electron chi connectivity index (χ0n) is 10.8. The van der Waals surface area contributed by atoms with E-state index in [2.05, 4.69) is 4.98 Å². The summed E-state index contributed by atoms with van der Waals surface area (Å²) in [7, 11) is 0. The molecule has 0 unspecified atom stereocenters. The summed E-state index contributed by atoms with van der Waals surface area (Å²) < 4.78 is 41.7. The molecular weight excluding hydrogens is 307 g/mol. The molecule has 2 aromatic rings. The van der Waals surface area contributed by atoms with Crippen LogP contribution in [-0.2, 0) is 4.74 Å². The number of carbonyl (C=O) groups is 1. The molecule has 0 saturated carbocycles. The Morgan fingerprint density at radius 1 is 1.38 bits per heavy atom. The minimum Gasteiger partial charge on any atom is -0.462 e. The van der Waals surface area contributed by atoms with Crippen molar-refractivity contribution in [1.29, 1.82) is 0 Å². The van der Waals surface area contributed by atoms with Gasteiger partial charge in [0.2, 0.25) is 5.43 Å². The van der Waals surface area contributed by atoms with Crippen LogP contribution in [0.1, 0.15) is 17.3 Å². The lowest BCUT2D eigenvalue weighted by Crippen LogP contribution is -2.18. The van der Waals surface area contributed by atoms with Crippen molar-refractivity contribution < 1.29 is 22.7 Å². The third-order valence-corrected chi connectivity index (χ3v) is 3.30. The number of carbonyl (C=O) groups excluding carboxylic acids is 1. The molecule has 0 fully saturated rings. The highest BCUT2D eigenvalue weighted by molar-refractivity contribution is 8.00. The third kappa shape index (κ3) is 3.57. The quantitative estimate of drug-likeness (QED) is 0.697. The highest BCUT2D eigenvalue weighted by Gasteiger charge is 2.29. The van der Waals surface area contributed by atoms with Crippen LogP contribution in [0.3, 0.4) is 0 Å². The van der Waals surface area contributed by atoms with Gasteiger partial charge in [-0.3, -0.25) is 4.79 Å². The fraction of sp³-hybridized carbons (Fsp3) is 0.231. The second-order valence-electron chi connectivity index (χ2n) is 4.01. The number of ether oxygens (including phenoxy) is 1. The standard InChI is InChI=1S/C13H10F3NO3S/c1-2-20-12(19)9-6-17-10-5-7(21-13(14,15)16)3-4-8(10)11(9)18/h3-6H,2H2,1H3,(H,17,18). The normalized spacial score (nSPS) is 11.6. The zero-order chi connectivity index (χ0) is 15.6. The number of hydrogen-bond donors (Lipinski definition) is 1. The number of alkyl halides is 3. The Morgan fingerprint density at radius 2 is 2.10 bits per heavy atom. The summed E-state index contributed by atoms with van der Waals surface area (Å²) in [5.41, 5.74) is -4.94. The molecule has 0 atom stereocenters. The molecule has 2 rings (SSSR count). The van der Waals surface area contributed by atoms with Crippen molar-refractivity contribution in [3.05, 3.63) is 40.2 Å². The predicted molar refractivity (Wildman–Crippen MR) is 72.4 cm³/mol. The van der Waals surface area contributed by atoms with Crippen LogP contribution >= 0.6 is 11.8 Å². The van der Waals surface area contributed by atoms with Crippen LogP contribution in [0.2, 0.25) is 0 Å². The maximum atomic E-state index is 12.3. The van der Waals surface area contributed by atoms with Crippen molar-refractivity contribution in [3.8, 4) is 0 Å². The molecule has 8 heteroatoms. The maximum absolute atomic E-state index is 12.3. The molecule has 0 saturated heterocycles. The van der Waals surface area contributed by atoms with Gasteiger partial charge in [0, 0.05) is 16.5 Å². The number of aromatic nitrogens is 1. The summed E-state index contributed by atoms with van der Waals surface area (Å²) in [5.74, 6) is -0.769. The van der Waals surface area contributed by atoms with Crippen LogP contribution in [0.5, 0.6) is 0 Å². The van der Waals surface area contributed by atoms with Gasteiger partial charge < -0.3 is 9.72 Å². The molecule has 0 amide bonds. The lowest BCUT2D eigenvalue weighted by Gasteiger charge is -2.07. The molecule has 1 aromatic carbocycles. The van der Waals surface area contributed by atoms with Crippen molar-refractivity contribution in [3.63, 3.8) is 0 Å². The van der Waals surface area contributed by atoms with Crippen molar-refractivity contribution in [2.24, 2.45) is 0 Å². The number of thioether (sulfide) groups is 1. The third-order valence-electron chi connectivity index (χ3n) is 2.58. The Labute approximate surface area is 121 Å². The lowest BCUT2D eigenvalue weighted by molar-refractivity contribution is -0.0328. The van der Waals surface area contributed by atoms with E-state index >= 15 is 0 Å². The molecule has 112 valence electrons. The summed E-state index contributed by atoms with van der Waals surface area (Å²) in [4.78, 5) is 26.3. The largest absolute Gasteiger partial charge is 0.462 e. The van der Waals surface area contributed by atoms with E-state index < -0.39 is 16.9 Å². The SMILES string of the molecule is CCOC(=O)c1c[nH]c2cc(SC(F)(F)F)ccc2c1=O. The summed E-state index contributed by atoms with van der Waals surface area (Å²) in [5, 5.41) is 0.132. The van der Waals surface area contributed by atoms with Crippen LogP contribution in [0.25, 0.3) is 10.9 Å². The molecule has 4 nitrogen and oxygen atoms in total. The van der Waals surface area contributed by atoms with Gasteiger partial charge in [-0.2, -0.15) is 13.2 Å². The van der Waals surface area contributed by atoms with Gasteiger partial charge in [-0.25, -0.2) is 4.79 Å². The maximum Gasteiger partial charge on any atom is 0.446 e. The molecule has 0 spiro atoms. The highest BCUT2D eigenvalue weighted by Crippen LogP contribution is 2.37. The first-order chi connectivity index (χ1) is 9.81. The average Bonchev–Trinajstić information content (AvgIpc) is 2.37. The van der Waals surface area contributed by atoms with Crippen LogP contribution in [-0.4, -0.2) is 23.1 Å². The van der Waals surface area contributed by atoms with E-state index in [4.69, 9.17) is 4.74 Å². The number of aromatic amines is 1. The molecule has 1 heterocycles. The average molecular weight is 317 g/mol. The fourth-order valence-electron chi connectivity index (χ4n) is 1.76. The molecule has 0 bridgehead atoms. The number of benzene rings is 1. The number of pyridine rings is 1. The topological polar surface area (TPSA) is 59.2 Å². The Kier molecular flexibility index (Phi) is 4.26. The summed E-state index contributed by atoms with van der Waals surface area (Å²) >= 11 is -0.274. The number of rotatable bonds is 3. The van der Waals surface area contributed by atoms with E-state index in [1.807, 2.05) is 0 Å². The van der Waals surface area contributed by atoms with Gasteiger partial charge in [0.1, 0.15) is 5.56 Å². The smallest absolute Gasteiger partial charge is 0.446 e. The Balaban J connectivity index is 2.46. The predicted octanol–water partition coefficient (Wildman–Crippen LogP) is 3.32. The number of H-pyrrole nitrogens is 1. The van der Waals surface area contributed by atoms with E-state index in [0.717, 1.165) is 6.20 Å². The molecular formula is C13H10F3NO3S. The van der Waals surface area contributed by atoms with Crippen molar-refractivity contribution in [1.82, 2.24) is 4.98 Å². The first-order valence-electron chi connectivity index (χ1n) is 5.90. The first-order valence-corrected chi connectivity index (χ1v) is 6.72. The second-order valence-corrected chi connectivity index (χ2v) is 5.15. The molecule has 21 heavy (non-hydrogen) atoms. The fourth-order valence-corrected chi connectivity index (χ4v) is 2.34. The summed E-state index contributed by atoms with van der Waals surface area (Å²) in [6, 6.07) is 3.65. The van der Waals surface area contributed by atoms with Crippen LogP contribution in [0, 0.1) is 0 Å². The van der Waals surface area contributed by atoms with Crippen LogP contribution in [0.4, 0.5) is 13.2 Å². The molecule has 0 aliphatic rings. The minimum absolute atomic E-state index is 0.0467. The number of fused-ring (bicyclic) bond motifs is 1. The van der Waals surface area contributed by atoms with Crippen molar-refractivity contribution >= 4 is 28.6 Å². The Hall–Kier alpha value is -1.96. The summed E-state index contributed by atoms with van der Waals surface area (Å²) in [6.07, 6.45) is 1.14. The molecule has 1 aromatic heterocycles. The number of hydrogen-bond acceptors (Lipinski definition) is 4. The van der Waals surface area contributed by atoms with Crippen molar-refractivity contribution in [2.75, 3.05) is 6.61 Å². The van der Waals surface area contributed by atoms with Gasteiger partial charge >= 0.3 is 11.5 Å². The Morgan fingerprint density at radius 3 is 2.71 bits per heavy atom. The van der Waals surface area contributed by atoms with E-state index in [1.54, 1.807) is 6.92 Å². The van der Waals surface area contributed by atoms with Crippen LogP contribution < -0.4 is 5.43 Å². The van der Waals surface area contributed by atoms with E-state index in [-0.39, 0.29) is 39.7 Å². The molecule has 0 aliphatic carbocycles. The summed E-state index contributed by atoms with van der Waals surface area (Å²) in [6.45, 7) is 1.73. The van der Waals surface area contributed by atoms with Gasteiger partial charge in [-0.15, -0.1) is 0 Å². The minimum atomic E-state index is -4.40. The molecule has 0 radical (unpaired) electrons. The van der Waals surface area contributed by atoms with E-state index in [1.165, 1.54) is 18.2 Å². The van der Waals surface area contributed by atoms with Gasteiger partial charge in [-0.05, 0) is 36.9 Å². The van der Waals surface area contributed by atoms with Gasteiger partial charge in [0.15, 0.2) is 0 Å². The Bertz CT molecular complexity index is 739. The molecule has 0 aliphatic heterocycles. The monoisotopic (exact) mass is 317 g/mol. The van der Waals surface area contributed by atoms with E-state index in [0.29, 0.717) is 0 Å². The first kappa shape index (κ1) is 15.4. The van der Waals surface area contributed by atoms with Gasteiger partial charge in [-0.1, -0.05) is 0 Å². The highest BCUT2D eigenvalue weighted by atomic mass is 32.2. The number of halogens is 3. The lowest BCUT2D eigenvalue weighted by atomic mass is 10.1. The zero-order valence-corrected chi connectivity index (χ0v) is 11.6. The number of esters is 1. The van der Waals surface area contributed by atoms with Gasteiger partial charge in [0.25, 0.3) is 0 Å². The number of nitrogens with one attached hydrogen (secondary N) is 1. The van der Waals surface area contributed by atoms with Crippen molar-refractivity contribution in [2.45, 2.75) is 17.3 Å². The molecule has 1 N–H and O–H groups in total.